The molecule has 1 atom stereocenters. The van der Waals surface area contributed by atoms with Gasteiger partial charge in [0, 0.05) is 44.8 Å². The van der Waals surface area contributed by atoms with E-state index in [-0.39, 0.29) is 6.04 Å². The van der Waals surface area contributed by atoms with Crippen molar-refractivity contribution < 1.29 is 0 Å². The third kappa shape index (κ3) is 2.86. The summed E-state index contributed by atoms with van der Waals surface area (Å²) in [6.07, 6.45) is 5.72. The van der Waals surface area contributed by atoms with Gasteiger partial charge in [-0.3, -0.25) is 14.9 Å². The molecular formula is C16H20N4. The quantitative estimate of drug-likeness (QED) is 0.921. The summed E-state index contributed by atoms with van der Waals surface area (Å²) >= 11 is 0. The lowest BCUT2D eigenvalue weighted by Crippen LogP contribution is -2.45. The van der Waals surface area contributed by atoms with E-state index in [1.807, 2.05) is 24.7 Å². The monoisotopic (exact) mass is 268 g/mol. The van der Waals surface area contributed by atoms with Crippen LogP contribution in [-0.4, -0.2) is 41.0 Å². The molecule has 1 N–H and O–H groups in total. The average Bonchev–Trinajstić information content (AvgIpc) is 2.52. The fraction of sp³-hybridized carbons (Fsp3) is 0.375. The second-order valence-corrected chi connectivity index (χ2v) is 5.24. The molecule has 0 spiro atoms. The second kappa shape index (κ2) is 6.11. The zero-order valence-corrected chi connectivity index (χ0v) is 11.8. The van der Waals surface area contributed by atoms with Crippen LogP contribution in [0.25, 0.3) is 0 Å². The minimum atomic E-state index is 0.200. The van der Waals surface area contributed by atoms with Crippen LogP contribution in [0.4, 0.5) is 0 Å². The standard InChI is InChI=1S/C16H20N4/c1-13-4-5-15(19-11-13)16(14-3-2-6-18-12-14)20-9-7-17-8-10-20/h2-6,11-12,16-17H,7-10H2,1H3. The highest BCUT2D eigenvalue weighted by Gasteiger charge is 2.24. The maximum absolute atomic E-state index is 4.64. The summed E-state index contributed by atoms with van der Waals surface area (Å²) in [5.41, 5.74) is 3.51. The SMILES string of the molecule is Cc1ccc(C(c2cccnc2)N2CCNCC2)nc1. The van der Waals surface area contributed by atoms with Gasteiger partial charge in [-0.2, -0.15) is 0 Å². The second-order valence-electron chi connectivity index (χ2n) is 5.24. The van der Waals surface area contributed by atoms with Crippen LogP contribution in [0, 0.1) is 6.92 Å². The number of hydrogen-bond donors (Lipinski definition) is 1. The topological polar surface area (TPSA) is 41.1 Å². The van der Waals surface area contributed by atoms with Gasteiger partial charge < -0.3 is 5.32 Å². The van der Waals surface area contributed by atoms with E-state index in [9.17, 15) is 0 Å². The Labute approximate surface area is 119 Å². The van der Waals surface area contributed by atoms with Gasteiger partial charge in [0.05, 0.1) is 11.7 Å². The molecule has 3 rings (SSSR count). The molecule has 1 aliphatic heterocycles. The molecule has 3 heterocycles. The van der Waals surface area contributed by atoms with Crippen molar-refractivity contribution in [3.63, 3.8) is 0 Å². The van der Waals surface area contributed by atoms with Gasteiger partial charge in [0.15, 0.2) is 0 Å². The van der Waals surface area contributed by atoms with E-state index in [1.54, 1.807) is 0 Å². The van der Waals surface area contributed by atoms with E-state index in [4.69, 9.17) is 0 Å². The molecule has 104 valence electrons. The first-order valence-electron chi connectivity index (χ1n) is 7.12. The van der Waals surface area contributed by atoms with Crippen LogP contribution < -0.4 is 5.32 Å². The molecule has 2 aromatic rings. The van der Waals surface area contributed by atoms with Crippen LogP contribution >= 0.6 is 0 Å². The lowest BCUT2D eigenvalue weighted by Gasteiger charge is -2.34. The van der Waals surface area contributed by atoms with E-state index in [1.165, 1.54) is 11.1 Å². The number of aryl methyl sites for hydroxylation is 1. The Morgan fingerprint density at radius 3 is 2.65 bits per heavy atom. The summed E-state index contributed by atoms with van der Waals surface area (Å²) in [6, 6.07) is 8.61. The van der Waals surface area contributed by atoms with Crippen LogP contribution in [0.15, 0.2) is 42.9 Å². The van der Waals surface area contributed by atoms with Crippen molar-refractivity contribution in [1.82, 2.24) is 20.2 Å². The van der Waals surface area contributed by atoms with Crippen molar-refractivity contribution in [2.45, 2.75) is 13.0 Å². The van der Waals surface area contributed by atoms with E-state index < -0.39 is 0 Å². The van der Waals surface area contributed by atoms with Gasteiger partial charge in [-0.25, -0.2) is 0 Å². The highest BCUT2D eigenvalue weighted by molar-refractivity contribution is 5.27. The number of pyridine rings is 2. The van der Waals surface area contributed by atoms with E-state index in [0.29, 0.717) is 0 Å². The maximum Gasteiger partial charge on any atom is 0.0792 e. The minimum Gasteiger partial charge on any atom is -0.314 e. The molecule has 4 nitrogen and oxygen atoms in total. The summed E-state index contributed by atoms with van der Waals surface area (Å²) in [4.78, 5) is 11.4. The normalized spacial score (nSPS) is 17.9. The Morgan fingerprint density at radius 1 is 1.15 bits per heavy atom. The van der Waals surface area contributed by atoms with Crippen molar-refractivity contribution in [3.8, 4) is 0 Å². The molecule has 1 unspecified atom stereocenters. The van der Waals surface area contributed by atoms with Gasteiger partial charge in [0.1, 0.15) is 0 Å². The number of nitrogens with zero attached hydrogens (tertiary/aromatic N) is 3. The molecule has 20 heavy (non-hydrogen) atoms. The largest absolute Gasteiger partial charge is 0.314 e. The number of piperazine rings is 1. The van der Waals surface area contributed by atoms with E-state index >= 15 is 0 Å². The fourth-order valence-electron chi connectivity index (χ4n) is 2.69. The molecule has 0 radical (unpaired) electrons. The van der Waals surface area contributed by atoms with Crippen molar-refractivity contribution in [1.29, 1.82) is 0 Å². The first kappa shape index (κ1) is 13.2. The van der Waals surface area contributed by atoms with E-state index in [2.05, 4.69) is 45.3 Å². The van der Waals surface area contributed by atoms with Gasteiger partial charge >= 0.3 is 0 Å². The van der Waals surface area contributed by atoms with Gasteiger partial charge in [-0.1, -0.05) is 12.1 Å². The van der Waals surface area contributed by atoms with Crippen molar-refractivity contribution >= 4 is 0 Å². The zero-order valence-electron chi connectivity index (χ0n) is 11.8. The highest BCUT2D eigenvalue weighted by Crippen LogP contribution is 2.26. The Balaban J connectivity index is 1.96. The van der Waals surface area contributed by atoms with Gasteiger partial charge in [0.2, 0.25) is 0 Å². The molecular weight excluding hydrogens is 248 g/mol. The van der Waals surface area contributed by atoms with Gasteiger partial charge in [-0.15, -0.1) is 0 Å². The van der Waals surface area contributed by atoms with Crippen LogP contribution in [0.3, 0.4) is 0 Å². The molecule has 2 aromatic heterocycles. The Kier molecular flexibility index (Phi) is 4.04. The lowest BCUT2D eigenvalue weighted by molar-refractivity contribution is 0.195. The number of hydrogen-bond acceptors (Lipinski definition) is 4. The highest BCUT2D eigenvalue weighted by atomic mass is 15.2. The molecule has 1 aliphatic rings. The van der Waals surface area contributed by atoms with Gasteiger partial charge in [0.25, 0.3) is 0 Å². The average molecular weight is 268 g/mol. The predicted octanol–water partition coefficient (Wildman–Crippen LogP) is 1.78. The molecule has 0 amide bonds. The molecule has 0 aromatic carbocycles. The smallest absolute Gasteiger partial charge is 0.0792 e. The Hall–Kier alpha value is -1.78. The first-order valence-corrected chi connectivity index (χ1v) is 7.12. The third-order valence-corrected chi connectivity index (χ3v) is 3.73. The fourth-order valence-corrected chi connectivity index (χ4v) is 2.69. The number of rotatable bonds is 3. The summed E-state index contributed by atoms with van der Waals surface area (Å²) in [5, 5.41) is 3.40. The minimum absolute atomic E-state index is 0.200. The molecule has 1 saturated heterocycles. The Morgan fingerprint density at radius 2 is 2.00 bits per heavy atom. The van der Waals surface area contributed by atoms with Crippen LogP contribution in [0.5, 0.6) is 0 Å². The number of nitrogens with one attached hydrogen (secondary N) is 1. The summed E-state index contributed by atoms with van der Waals surface area (Å²) in [5.74, 6) is 0. The number of aromatic nitrogens is 2. The molecule has 0 saturated carbocycles. The van der Waals surface area contributed by atoms with Crippen molar-refractivity contribution in [2.75, 3.05) is 26.2 Å². The van der Waals surface area contributed by atoms with Crippen LogP contribution in [0.1, 0.15) is 22.9 Å². The summed E-state index contributed by atoms with van der Waals surface area (Å²) < 4.78 is 0. The van der Waals surface area contributed by atoms with Crippen molar-refractivity contribution in [2.24, 2.45) is 0 Å². The zero-order chi connectivity index (χ0) is 13.8. The molecule has 4 heteroatoms. The van der Waals surface area contributed by atoms with Crippen molar-refractivity contribution in [3.05, 3.63) is 59.7 Å². The molecule has 0 bridgehead atoms. The Bertz CT molecular complexity index is 532. The first-order chi connectivity index (χ1) is 9.84. The van der Waals surface area contributed by atoms with E-state index in [0.717, 1.165) is 31.9 Å². The summed E-state index contributed by atoms with van der Waals surface area (Å²) in [7, 11) is 0. The maximum atomic E-state index is 4.64. The van der Waals surface area contributed by atoms with Crippen LogP contribution in [-0.2, 0) is 0 Å². The van der Waals surface area contributed by atoms with Gasteiger partial charge in [-0.05, 0) is 30.2 Å². The molecule has 1 fully saturated rings. The predicted molar refractivity (Wildman–Crippen MR) is 79.5 cm³/mol. The lowest BCUT2D eigenvalue weighted by atomic mass is 10.0. The summed E-state index contributed by atoms with van der Waals surface area (Å²) in [6.45, 7) is 6.20. The third-order valence-electron chi connectivity index (χ3n) is 3.73. The van der Waals surface area contributed by atoms with Crippen LogP contribution in [0.2, 0.25) is 0 Å². The molecule has 0 aliphatic carbocycles.